The number of benzene rings is 2. The number of hydrogen-bond donors (Lipinski definition) is 2. The molecule has 0 atom stereocenters. The van der Waals surface area contributed by atoms with E-state index in [1.54, 1.807) is 38.4 Å². The van der Waals surface area contributed by atoms with Crippen LogP contribution < -0.4 is 19.8 Å². The van der Waals surface area contributed by atoms with Gasteiger partial charge < -0.3 is 14.1 Å². The Labute approximate surface area is 200 Å². The van der Waals surface area contributed by atoms with Crippen molar-refractivity contribution in [3.8, 4) is 5.75 Å². The summed E-state index contributed by atoms with van der Waals surface area (Å²) in [6.45, 7) is 0. The summed E-state index contributed by atoms with van der Waals surface area (Å²) >= 11 is 12.6. The Morgan fingerprint density at radius 3 is 2.55 bits per heavy atom. The molecule has 9 nitrogen and oxygen atoms in total. The average Bonchev–Trinajstić information content (AvgIpc) is 2.76. The number of nitrogens with zero attached hydrogens (tertiary/aromatic N) is 1. The Hall–Kier alpha value is -2.79. The van der Waals surface area contributed by atoms with Crippen LogP contribution >= 0.6 is 23.2 Å². The smallest absolute Gasteiger partial charge is 0.414 e. The minimum atomic E-state index is -3.78. The van der Waals surface area contributed by atoms with Gasteiger partial charge in [-0.2, -0.15) is 8.42 Å². The molecule has 0 aliphatic rings. The third kappa shape index (κ3) is 5.59. The van der Waals surface area contributed by atoms with Crippen LogP contribution in [0.5, 0.6) is 5.75 Å². The molecule has 176 valence electrons. The molecular weight excluding hydrogens is 493 g/mol. The summed E-state index contributed by atoms with van der Waals surface area (Å²) in [6, 6.07) is 9.45. The normalized spacial score (nSPS) is 11.4. The Bertz CT molecular complexity index is 1370. The van der Waals surface area contributed by atoms with Crippen molar-refractivity contribution >= 4 is 56.2 Å². The second-order valence-corrected chi connectivity index (χ2v) is 9.43. The number of halogens is 2. The molecule has 0 radical (unpaired) electrons. The third-order valence-electron chi connectivity index (χ3n) is 4.75. The molecule has 0 fully saturated rings. The van der Waals surface area contributed by atoms with Gasteiger partial charge in [-0.3, -0.25) is 4.72 Å². The highest BCUT2D eigenvalue weighted by molar-refractivity contribution is 7.90. The number of ether oxygens (including phenoxy) is 1. The molecule has 0 saturated heterocycles. The average molecular weight is 514 g/mol. The maximum Gasteiger partial charge on any atom is 0.414 e. The van der Waals surface area contributed by atoms with E-state index in [2.05, 4.69) is 9.44 Å². The van der Waals surface area contributed by atoms with E-state index >= 15 is 0 Å². The first-order valence-corrected chi connectivity index (χ1v) is 12.0. The van der Waals surface area contributed by atoms with Gasteiger partial charge in [0.25, 0.3) is 10.2 Å². The number of alkyl halides is 1. The third-order valence-corrected chi connectivity index (χ3v) is 6.49. The maximum absolute atomic E-state index is 12.8. The molecule has 33 heavy (non-hydrogen) atoms. The van der Waals surface area contributed by atoms with Crippen molar-refractivity contribution in [2.75, 3.05) is 25.9 Å². The first-order valence-electron chi connectivity index (χ1n) is 9.58. The Kier molecular flexibility index (Phi) is 7.53. The van der Waals surface area contributed by atoms with Gasteiger partial charge in [0.05, 0.1) is 10.7 Å². The van der Waals surface area contributed by atoms with Crippen LogP contribution in [0, 0.1) is 0 Å². The van der Waals surface area contributed by atoms with Gasteiger partial charge in [0.15, 0.2) is 0 Å². The predicted octanol–water partition coefficient (Wildman–Crippen LogP) is 3.71. The van der Waals surface area contributed by atoms with Crippen LogP contribution in [0.15, 0.2) is 45.6 Å². The van der Waals surface area contributed by atoms with Crippen molar-refractivity contribution in [2.45, 2.75) is 12.3 Å². The summed E-state index contributed by atoms with van der Waals surface area (Å²) in [5.74, 6) is 0.225. The number of amides is 1. The van der Waals surface area contributed by atoms with Crippen LogP contribution in [0.3, 0.4) is 0 Å². The van der Waals surface area contributed by atoms with E-state index in [1.807, 2.05) is 0 Å². The number of fused-ring (bicyclic) bond motifs is 1. The Morgan fingerprint density at radius 1 is 1.18 bits per heavy atom. The molecule has 12 heteroatoms. The van der Waals surface area contributed by atoms with E-state index in [9.17, 15) is 18.0 Å². The lowest BCUT2D eigenvalue weighted by Gasteiger charge is -2.14. The summed E-state index contributed by atoms with van der Waals surface area (Å²) in [5.41, 5.74) is 1.06. The fourth-order valence-electron chi connectivity index (χ4n) is 3.05. The largest absolute Gasteiger partial charge is 0.422 e. The van der Waals surface area contributed by atoms with Gasteiger partial charge in [0.2, 0.25) is 0 Å². The quantitative estimate of drug-likeness (QED) is 0.367. The van der Waals surface area contributed by atoms with Gasteiger partial charge in [-0.15, -0.1) is 11.6 Å². The van der Waals surface area contributed by atoms with E-state index in [0.29, 0.717) is 16.5 Å². The van der Waals surface area contributed by atoms with Crippen molar-refractivity contribution in [1.82, 2.24) is 9.62 Å². The van der Waals surface area contributed by atoms with Gasteiger partial charge >= 0.3 is 11.7 Å². The SMILES string of the molecule is CNS(=O)(=O)Nc1cccc(Cc2c(CCl)c3ccc(OC(=O)N(C)C)cc3oc2=O)c1Cl. The molecule has 2 N–H and O–H groups in total. The zero-order valence-corrected chi connectivity index (χ0v) is 20.3. The van der Waals surface area contributed by atoms with Crippen LogP contribution in [0.4, 0.5) is 10.5 Å². The highest BCUT2D eigenvalue weighted by Crippen LogP contribution is 2.31. The first kappa shape index (κ1) is 24.8. The minimum Gasteiger partial charge on any atom is -0.422 e. The summed E-state index contributed by atoms with van der Waals surface area (Å²) in [4.78, 5) is 25.9. The number of rotatable bonds is 7. The number of nitrogens with one attached hydrogen (secondary N) is 2. The molecule has 3 rings (SSSR count). The van der Waals surface area contributed by atoms with Gasteiger partial charge in [-0.25, -0.2) is 14.3 Å². The molecule has 0 aliphatic carbocycles. The van der Waals surface area contributed by atoms with Crippen molar-refractivity contribution in [1.29, 1.82) is 0 Å². The number of hydrogen-bond acceptors (Lipinski definition) is 6. The molecule has 1 aromatic heterocycles. The topological polar surface area (TPSA) is 118 Å². The highest BCUT2D eigenvalue weighted by Gasteiger charge is 2.19. The fraction of sp³-hybridized carbons (Fsp3) is 0.238. The molecule has 0 bridgehead atoms. The summed E-state index contributed by atoms with van der Waals surface area (Å²) in [6.07, 6.45) is -0.514. The molecule has 1 heterocycles. The molecule has 3 aromatic rings. The van der Waals surface area contributed by atoms with Crippen molar-refractivity contribution in [2.24, 2.45) is 0 Å². The highest BCUT2D eigenvalue weighted by atomic mass is 35.5. The van der Waals surface area contributed by atoms with Gasteiger partial charge in [-0.05, 0) is 29.3 Å². The molecular formula is C21H21Cl2N3O6S. The number of anilines is 1. The molecule has 0 aliphatic heterocycles. The molecule has 0 saturated carbocycles. The zero-order chi connectivity index (χ0) is 24.3. The number of carbonyl (C=O) groups is 1. The monoisotopic (exact) mass is 513 g/mol. The lowest BCUT2D eigenvalue weighted by atomic mass is 9.99. The standard InChI is InChI=1S/C21H21Cl2N3O6S/c1-24-33(29,30)25-17-6-4-5-12(19(17)23)9-15-16(11-22)14-8-7-13(31-21(28)26(2)3)10-18(14)32-20(15)27/h4-8,10,24-25H,9,11H2,1-3H3. The van der Waals surface area contributed by atoms with Gasteiger partial charge in [0, 0.05) is 50.5 Å². The van der Waals surface area contributed by atoms with Crippen LogP contribution in [-0.4, -0.2) is 40.6 Å². The zero-order valence-electron chi connectivity index (χ0n) is 17.9. The van der Waals surface area contributed by atoms with E-state index in [4.69, 9.17) is 32.4 Å². The Morgan fingerprint density at radius 2 is 1.91 bits per heavy atom. The van der Waals surface area contributed by atoms with Crippen molar-refractivity contribution in [3.63, 3.8) is 0 Å². The van der Waals surface area contributed by atoms with Crippen LogP contribution in [0.1, 0.15) is 16.7 Å². The fourth-order valence-corrected chi connectivity index (χ4v) is 4.22. The number of carbonyl (C=O) groups excluding carboxylic acids is 1. The summed E-state index contributed by atoms with van der Waals surface area (Å²) < 4.78 is 38.8. The molecule has 1 amide bonds. The second-order valence-electron chi connectivity index (χ2n) is 7.17. The van der Waals surface area contributed by atoms with Crippen molar-refractivity contribution < 1.29 is 22.4 Å². The van der Waals surface area contributed by atoms with Crippen LogP contribution in [-0.2, 0) is 22.5 Å². The lowest BCUT2D eigenvalue weighted by molar-refractivity contribution is 0.172. The van der Waals surface area contributed by atoms with Crippen LogP contribution in [0.2, 0.25) is 5.02 Å². The Balaban J connectivity index is 2.03. The minimum absolute atomic E-state index is 0.0119. The maximum atomic E-state index is 12.8. The first-order chi connectivity index (χ1) is 15.6. The predicted molar refractivity (Wildman–Crippen MR) is 128 cm³/mol. The van der Waals surface area contributed by atoms with Gasteiger partial charge in [-0.1, -0.05) is 23.7 Å². The molecule has 0 unspecified atom stereocenters. The molecule has 2 aromatic carbocycles. The summed E-state index contributed by atoms with van der Waals surface area (Å²) in [7, 11) is 0.580. The van der Waals surface area contributed by atoms with E-state index < -0.39 is 21.9 Å². The van der Waals surface area contributed by atoms with Crippen molar-refractivity contribution in [3.05, 3.63) is 68.5 Å². The molecule has 0 spiro atoms. The van der Waals surface area contributed by atoms with E-state index in [-0.39, 0.29) is 39.9 Å². The van der Waals surface area contributed by atoms with E-state index in [0.717, 1.165) is 0 Å². The lowest BCUT2D eigenvalue weighted by Crippen LogP contribution is -2.26. The van der Waals surface area contributed by atoms with E-state index in [1.165, 1.54) is 24.1 Å². The van der Waals surface area contributed by atoms with Crippen LogP contribution in [0.25, 0.3) is 11.0 Å². The summed E-state index contributed by atoms with van der Waals surface area (Å²) in [5, 5.41) is 0.717. The second kappa shape index (κ2) is 10.0. The van der Waals surface area contributed by atoms with Gasteiger partial charge in [0.1, 0.15) is 11.3 Å².